The van der Waals surface area contributed by atoms with Gasteiger partial charge >= 0.3 is 12.2 Å². The minimum atomic E-state index is -4.39. The van der Waals surface area contributed by atoms with Gasteiger partial charge in [-0.05, 0) is 77.3 Å². The van der Waals surface area contributed by atoms with E-state index >= 15 is 0 Å². The lowest BCUT2D eigenvalue weighted by molar-refractivity contribution is -0.137. The minimum Gasteiger partial charge on any atom is -0.366 e. The molecule has 0 aliphatic carbocycles. The number of rotatable bonds is 5. The van der Waals surface area contributed by atoms with E-state index in [0.29, 0.717) is 38.2 Å². The molecule has 2 aliphatic rings. The van der Waals surface area contributed by atoms with Crippen LogP contribution in [0.2, 0.25) is 0 Å². The van der Waals surface area contributed by atoms with E-state index in [9.17, 15) is 22.8 Å². The second-order valence-corrected chi connectivity index (χ2v) is 10.8. The fourth-order valence-corrected chi connectivity index (χ4v) is 5.56. The molecule has 1 aromatic carbocycles. The first-order chi connectivity index (χ1) is 17.3. The number of nitrogens with zero attached hydrogens (tertiary/aromatic N) is 5. The number of aromatic nitrogens is 2. The van der Waals surface area contributed by atoms with Crippen LogP contribution in [-0.4, -0.2) is 69.2 Å². The molecular formula is C27H36F3N5O2. The summed E-state index contributed by atoms with van der Waals surface area (Å²) < 4.78 is 41.9. The number of alkyl halides is 3. The molecule has 37 heavy (non-hydrogen) atoms. The summed E-state index contributed by atoms with van der Waals surface area (Å²) >= 11 is 0. The van der Waals surface area contributed by atoms with Crippen molar-refractivity contribution in [2.24, 2.45) is 0 Å². The number of piperidine rings is 1. The maximum atomic E-state index is 13.6. The molecule has 2 aliphatic heterocycles. The Hall–Kier alpha value is -2.88. The molecule has 3 heterocycles. The monoisotopic (exact) mass is 519 g/mol. The Morgan fingerprint density at radius 1 is 1.11 bits per heavy atom. The summed E-state index contributed by atoms with van der Waals surface area (Å²) in [6, 6.07) is 5.74. The number of hydrogen-bond donors (Lipinski definition) is 0. The highest BCUT2D eigenvalue weighted by Crippen LogP contribution is 2.39. The molecule has 0 N–H and O–H groups in total. The molecule has 2 aromatic rings. The lowest BCUT2D eigenvalue weighted by atomic mass is 9.87. The van der Waals surface area contributed by atoms with Crippen molar-refractivity contribution in [3.63, 3.8) is 0 Å². The van der Waals surface area contributed by atoms with Crippen molar-refractivity contribution in [2.75, 3.05) is 25.0 Å². The van der Waals surface area contributed by atoms with Crippen molar-refractivity contribution in [3.05, 3.63) is 47.3 Å². The Balaban J connectivity index is 1.49. The van der Waals surface area contributed by atoms with Gasteiger partial charge in [-0.3, -0.25) is 9.69 Å². The molecule has 0 radical (unpaired) electrons. The Morgan fingerprint density at radius 3 is 2.27 bits per heavy atom. The topological polar surface area (TPSA) is 61.7 Å². The van der Waals surface area contributed by atoms with Crippen LogP contribution >= 0.6 is 0 Å². The molecule has 10 heteroatoms. The van der Waals surface area contributed by atoms with E-state index < -0.39 is 11.7 Å². The summed E-state index contributed by atoms with van der Waals surface area (Å²) in [4.78, 5) is 30.5. The summed E-state index contributed by atoms with van der Waals surface area (Å²) in [6.07, 6.45) is 0.448. The minimum absolute atomic E-state index is 0.179. The predicted molar refractivity (Wildman–Crippen MR) is 136 cm³/mol. The number of halogens is 3. The molecule has 2 fully saturated rings. The third-order valence-electron chi connectivity index (χ3n) is 8.23. The molecule has 1 aromatic heterocycles. The average Bonchev–Trinajstić information content (AvgIpc) is 3.46. The summed E-state index contributed by atoms with van der Waals surface area (Å²) in [6.45, 7) is 9.25. The van der Waals surface area contributed by atoms with E-state index in [1.807, 2.05) is 7.05 Å². The van der Waals surface area contributed by atoms with Crippen molar-refractivity contribution < 1.29 is 22.8 Å². The molecule has 4 rings (SSSR count). The van der Waals surface area contributed by atoms with Gasteiger partial charge in [0.1, 0.15) is 5.69 Å². The van der Waals surface area contributed by atoms with Gasteiger partial charge in [0.25, 0.3) is 0 Å². The lowest BCUT2D eigenvalue weighted by Crippen LogP contribution is -2.53. The van der Waals surface area contributed by atoms with Gasteiger partial charge in [-0.25, -0.2) is 4.79 Å². The first kappa shape index (κ1) is 27.2. The molecule has 1 amide bonds. The molecular weight excluding hydrogens is 483 g/mol. The largest absolute Gasteiger partial charge is 0.416 e. The van der Waals surface area contributed by atoms with Gasteiger partial charge < -0.3 is 9.80 Å². The maximum absolute atomic E-state index is 13.6. The first-order valence-corrected chi connectivity index (χ1v) is 12.9. The van der Waals surface area contributed by atoms with Gasteiger partial charge in [0.15, 0.2) is 5.78 Å². The smallest absolute Gasteiger partial charge is 0.366 e. The molecule has 7 nitrogen and oxygen atoms in total. The Labute approximate surface area is 216 Å². The fourth-order valence-electron chi connectivity index (χ4n) is 5.56. The van der Waals surface area contributed by atoms with Crippen LogP contribution in [0, 0.1) is 0 Å². The number of likely N-dealkylation sites (tertiary alicyclic amines) is 1. The molecule has 2 saturated heterocycles. The predicted octanol–water partition coefficient (Wildman–Crippen LogP) is 5.44. The van der Waals surface area contributed by atoms with Crippen LogP contribution in [0.3, 0.4) is 0 Å². The zero-order chi connectivity index (χ0) is 27.1. The summed E-state index contributed by atoms with van der Waals surface area (Å²) in [5.41, 5.74) is 0.946. The van der Waals surface area contributed by atoms with Crippen LogP contribution in [0.25, 0.3) is 0 Å². The average molecular weight is 520 g/mol. The zero-order valence-corrected chi connectivity index (χ0v) is 22.2. The molecule has 0 spiro atoms. The van der Waals surface area contributed by atoms with E-state index in [1.54, 1.807) is 11.0 Å². The highest BCUT2D eigenvalue weighted by molar-refractivity contribution is 5.92. The van der Waals surface area contributed by atoms with Crippen LogP contribution in [0.1, 0.15) is 75.0 Å². The second kappa shape index (κ2) is 10.1. The van der Waals surface area contributed by atoms with Crippen LogP contribution in [-0.2, 0) is 12.7 Å². The van der Waals surface area contributed by atoms with Crippen molar-refractivity contribution in [1.29, 1.82) is 0 Å². The molecule has 0 bridgehead atoms. The normalized spacial score (nSPS) is 22.1. The number of carbonyl (C=O) groups is 2. The van der Waals surface area contributed by atoms with E-state index in [4.69, 9.17) is 0 Å². The van der Waals surface area contributed by atoms with E-state index in [-0.39, 0.29) is 35.1 Å². The Kier molecular flexibility index (Phi) is 7.43. The molecule has 0 unspecified atom stereocenters. The lowest BCUT2D eigenvalue weighted by Gasteiger charge is -2.45. The summed E-state index contributed by atoms with van der Waals surface area (Å²) in [5.74, 6) is -0.195. The van der Waals surface area contributed by atoms with Crippen LogP contribution < -0.4 is 4.90 Å². The highest BCUT2D eigenvalue weighted by Gasteiger charge is 2.38. The van der Waals surface area contributed by atoms with Gasteiger partial charge in [-0.1, -0.05) is 6.07 Å². The summed E-state index contributed by atoms with van der Waals surface area (Å²) in [5, 5.41) is 4.08. The van der Waals surface area contributed by atoms with Gasteiger partial charge in [0.2, 0.25) is 0 Å². The SMILES string of the molecule is CC(=O)c1ccn(C(=O)N2CCC(C)(N(C)Cc3ccc(C(F)(F)F)cc3N3[C@H](C)CC[C@@H]3C)CC2)n1. The molecule has 202 valence electrons. The Bertz CT molecular complexity index is 1140. The van der Waals surface area contributed by atoms with Crippen molar-refractivity contribution >= 4 is 17.5 Å². The van der Waals surface area contributed by atoms with Crippen LogP contribution in [0.5, 0.6) is 0 Å². The van der Waals surface area contributed by atoms with Crippen molar-refractivity contribution in [1.82, 2.24) is 19.6 Å². The first-order valence-electron chi connectivity index (χ1n) is 12.9. The number of benzene rings is 1. The van der Waals surface area contributed by atoms with E-state index in [0.717, 1.165) is 18.4 Å². The number of anilines is 1. The number of carbonyl (C=O) groups excluding carboxylic acids is 2. The maximum Gasteiger partial charge on any atom is 0.416 e. The number of hydrogen-bond acceptors (Lipinski definition) is 5. The number of Topliss-reactive ketones (excluding diaryl/α,β-unsaturated/α-hetero) is 1. The van der Waals surface area contributed by atoms with Gasteiger partial charge in [0.05, 0.1) is 5.56 Å². The standard InChI is InChI=1S/C27H36F3N5O2/c1-18-6-7-19(2)35(18)24-16-22(27(28,29)30)9-8-21(24)17-32(5)26(4)11-14-33(15-12-26)25(37)34-13-10-23(31-34)20(3)36/h8-10,13,16,18-19H,6-7,11-12,14-15,17H2,1-5H3/t18-,19+. The fraction of sp³-hybridized carbons (Fsp3) is 0.593. The number of ketones is 1. The van der Waals surface area contributed by atoms with Crippen LogP contribution in [0.4, 0.5) is 23.7 Å². The quantitative estimate of drug-likeness (QED) is 0.493. The van der Waals surface area contributed by atoms with Crippen molar-refractivity contribution in [2.45, 2.75) is 83.7 Å². The second-order valence-electron chi connectivity index (χ2n) is 10.8. The van der Waals surface area contributed by atoms with Gasteiger partial charge in [-0.2, -0.15) is 23.0 Å². The third kappa shape index (κ3) is 5.54. The number of amides is 1. The summed E-state index contributed by atoms with van der Waals surface area (Å²) in [7, 11) is 2.00. The van der Waals surface area contributed by atoms with Gasteiger partial charge in [-0.15, -0.1) is 0 Å². The van der Waals surface area contributed by atoms with E-state index in [1.165, 1.54) is 36.0 Å². The highest BCUT2D eigenvalue weighted by atomic mass is 19.4. The molecule has 0 saturated carbocycles. The Morgan fingerprint density at radius 2 is 1.73 bits per heavy atom. The van der Waals surface area contributed by atoms with Crippen LogP contribution in [0.15, 0.2) is 30.5 Å². The zero-order valence-electron chi connectivity index (χ0n) is 22.2. The van der Waals surface area contributed by atoms with Crippen molar-refractivity contribution in [3.8, 4) is 0 Å². The van der Waals surface area contributed by atoms with E-state index in [2.05, 4.69) is 35.7 Å². The third-order valence-corrected chi connectivity index (χ3v) is 8.23. The van der Waals surface area contributed by atoms with Gasteiger partial charge in [0, 0.05) is 56.1 Å². The molecule has 2 atom stereocenters.